The fraction of sp³-hybridized carbons (Fsp3) is 0.133. The van der Waals surface area contributed by atoms with E-state index >= 15 is 0 Å². The number of carboxylic acid groups (broad SMARTS) is 2. The molecular weight excluding hydrogens is 831 g/mol. The van der Waals surface area contributed by atoms with E-state index in [1.54, 1.807) is 0 Å². The Hall–Kier alpha value is -8.16. The summed E-state index contributed by atoms with van der Waals surface area (Å²) < 4.78 is 0. The van der Waals surface area contributed by atoms with E-state index in [-0.39, 0.29) is 24.7 Å². The first-order valence-electron chi connectivity index (χ1n) is 22.9. The summed E-state index contributed by atoms with van der Waals surface area (Å²) in [7, 11) is 0. The molecule has 12 aromatic carbocycles. The zero-order valence-corrected chi connectivity index (χ0v) is 37.3. The zero-order valence-electron chi connectivity index (χ0n) is 37.3. The Morgan fingerprint density at radius 1 is 0.463 bits per heavy atom. The van der Waals surface area contributed by atoms with E-state index in [1.807, 2.05) is 62.4 Å². The highest BCUT2D eigenvalue weighted by Gasteiger charge is 2.36. The predicted molar refractivity (Wildman–Crippen MR) is 275 cm³/mol. The minimum Gasteiger partial charge on any atom is -0.481 e. The Bertz CT molecular complexity index is 3400. The van der Waals surface area contributed by atoms with Crippen LogP contribution in [0.2, 0.25) is 0 Å². The number of hydrogen-bond donors (Lipinski definition) is 2. The SMILES string of the molecule is CCC(C(=O)O)c1c(N2C(=O)CCC2=O)cc2ccc3cccc4ccc1c2c34.CCCC(=O)O.c1cc2ccc3cccc4ccc(c1)c2c34.c1cc2ccc3cccc4ccc(c1)c2c34. The van der Waals surface area contributed by atoms with Crippen LogP contribution in [0.4, 0.5) is 5.69 Å². The van der Waals surface area contributed by atoms with Crippen molar-refractivity contribution in [2.45, 2.75) is 51.9 Å². The lowest BCUT2D eigenvalue weighted by atomic mass is 9.85. The Labute approximate surface area is 386 Å². The second-order valence-corrected chi connectivity index (χ2v) is 17.3. The first-order valence-corrected chi connectivity index (χ1v) is 22.9. The van der Waals surface area contributed by atoms with E-state index in [0.29, 0.717) is 24.1 Å². The number of hydrogen-bond acceptors (Lipinski definition) is 4. The van der Waals surface area contributed by atoms with Crippen LogP contribution >= 0.6 is 0 Å². The van der Waals surface area contributed by atoms with Crippen molar-refractivity contribution < 1.29 is 29.4 Å². The molecule has 13 rings (SSSR count). The van der Waals surface area contributed by atoms with E-state index in [0.717, 1.165) is 38.7 Å². The maximum atomic E-state index is 12.5. The number of imide groups is 1. The van der Waals surface area contributed by atoms with Crippen molar-refractivity contribution in [2.75, 3.05) is 4.90 Å². The van der Waals surface area contributed by atoms with E-state index < -0.39 is 17.9 Å². The summed E-state index contributed by atoms with van der Waals surface area (Å²) >= 11 is 0. The third kappa shape index (κ3) is 7.62. The molecule has 2 amide bonds. The number of carbonyl (C=O) groups is 4. The van der Waals surface area contributed by atoms with Crippen LogP contribution in [0.1, 0.15) is 57.4 Å². The number of aliphatic carboxylic acids is 2. The van der Waals surface area contributed by atoms with Crippen LogP contribution in [0.25, 0.3) is 97.0 Å². The topological polar surface area (TPSA) is 112 Å². The number of amides is 2. The minimum atomic E-state index is -0.956. The Morgan fingerprint density at radius 3 is 1.06 bits per heavy atom. The molecule has 1 aliphatic heterocycles. The number of rotatable bonds is 6. The molecule has 0 saturated carbocycles. The van der Waals surface area contributed by atoms with Crippen LogP contribution in [0.15, 0.2) is 170 Å². The van der Waals surface area contributed by atoms with Gasteiger partial charge in [0.1, 0.15) is 0 Å². The summed E-state index contributed by atoms with van der Waals surface area (Å²) in [6.07, 6.45) is 1.71. The van der Waals surface area contributed by atoms with Crippen LogP contribution in [0.5, 0.6) is 0 Å². The van der Waals surface area contributed by atoms with Crippen LogP contribution in [0.3, 0.4) is 0 Å². The van der Waals surface area contributed by atoms with Crippen molar-refractivity contribution in [3.8, 4) is 0 Å². The largest absolute Gasteiger partial charge is 0.481 e. The normalized spacial score (nSPS) is 13.2. The third-order valence-corrected chi connectivity index (χ3v) is 13.3. The third-order valence-electron chi connectivity index (χ3n) is 13.3. The first kappa shape index (κ1) is 42.8. The number of nitrogens with zero attached hydrogens (tertiary/aromatic N) is 1. The summed E-state index contributed by atoms with van der Waals surface area (Å²) in [4.78, 5) is 48.0. The van der Waals surface area contributed by atoms with Gasteiger partial charge in [-0.2, -0.15) is 0 Å². The molecule has 1 fully saturated rings. The molecule has 328 valence electrons. The lowest BCUT2D eigenvalue weighted by molar-refractivity contribution is -0.139. The molecular formula is C60H47NO6. The van der Waals surface area contributed by atoms with Crippen molar-refractivity contribution >= 4 is 126 Å². The molecule has 0 radical (unpaired) electrons. The highest BCUT2D eigenvalue weighted by Crippen LogP contribution is 2.45. The van der Waals surface area contributed by atoms with E-state index in [4.69, 9.17) is 5.11 Å². The predicted octanol–water partition coefficient (Wildman–Crippen LogP) is 14.9. The number of carboxylic acids is 2. The molecule has 2 N–H and O–H groups in total. The van der Waals surface area contributed by atoms with Crippen molar-refractivity contribution in [3.63, 3.8) is 0 Å². The molecule has 1 saturated heterocycles. The molecule has 1 atom stereocenters. The van der Waals surface area contributed by atoms with Gasteiger partial charge in [0.15, 0.2) is 0 Å². The highest BCUT2D eigenvalue weighted by molar-refractivity contribution is 6.28. The molecule has 67 heavy (non-hydrogen) atoms. The maximum absolute atomic E-state index is 12.5. The highest BCUT2D eigenvalue weighted by atomic mass is 16.4. The van der Waals surface area contributed by atoms with E-state index in [9.17, 15) is 24.3 Å². The summed E-state index contributed by atoms with van der Waals surface area (Å²) in [5, 5.41) is 40.0. The summed E-state index contributed by atoms with van der Waals surface area (Å²) in [5.41, 5.74) is 0.965. The van der Waals surface area contributed by atoms with Crippen molar-refractivity contribution in [3.05, 3.63) is 175 Å². The average molecular weight is 878 g/mol. The quantitative estimate of drug-likeness (QED) is 0.127. The van der Waals surface area contributed by atoms with Crippen molar-refractivity contribution in [1.82, 2.24) is 0 Å². The number of carbonyl (C=O) groups excluding carboxylic acids is 2. The van der Waals surface area contributed by atoms with Gasteiger partial charge in [-0.1, -0.05) is 178 Å². The fourth-order valence-corrected chi connectivity index (χ4v) is 10.3. The molecule has 0 aliphatic carbocycles. The molecule has 1 unspecified atom stereocenters. The zero-order chi connectivity index (χ0) is 46.3. The molecule has 0 spiro atoms. The summed E-state index contributed by atoms with van der Waals surface area (Å²) in [6.45, 7) is 3.66. The van der Waals surface area contributed by atoms with Gasteiger partial charge in [-0.3, -0.25) is 24.1 Å². The lowest BCUT2D eigenvalue weighted by Gasteiger charge is -2.25. The van der Waals surface area contributed by atoms with Gasteiger partial charge < -0.3 is 10.2 Å². The summed E-state index contributed by atoms with van der Waals surface area (Å²) in [5.74, 6) is -3.02. The molecule has 0 aromatic heterocycles. The molecule has 12 aromatic rings. The van der Waals surface area contributed by atoms with Gasteiger partial charge in [0.2, 0.25) is 11.8 Å². The second-order valence-electron chi connectivity index (χ2n) is 17.3. The lowest BCUT2D eigenvalue weighted by Crippen LogP contribution is -2.30. The summed E-state index contributed by atoms with van der Waals surface area (Å²) in [6, 6.07) is 59.5. The van der Waals surface area contributed by atoms with Crippen LogP contribution in [0, 0.1) is 0 Å². The van der Waals surface area contributed by atoms with Gasteiger partial charge in [0.05, 0.1) is 11.6 Å². The Kier molecular flexibility index (Phi) is 11.3. The molecule has 7 heteroatoms. The van der Waals surface area contributed by atoms with Crippen LogP contribution < -0.4 is 4.90 Å². The van der Waals surface area contributed by atoms with Crippen molar-refractivity contribution in [1.29, 1.82) is 0 Å². The number of anilines is 1. The van der Waals surface area contributed by atoms with Gasteiger partial charge in [0, 0.05) is 19.3 Å². The van der Waals surface area contributed by atoms with Crippen LogP contribution in [-0.2, 0) is 19.2 Å². The van der Waals surface area contributed by atoms with E-state index in [2.05, 4.69) is 121 Å². The fourth-order valence-electron chi connectivity index (χ4n) is 10.3. The first-order chi connectivity index (χ1) is 32.6. The molecule has 1 aliphatic rings. The molecule has 7 nitrogen and oxygen atoms in total. The average Bonchev–Trinajstić information content (AvgIpc) is 3.69. The maximum Gasteiger partial charge on any atom is 0.311 e. The Balaban J connectivity index is 0.000000117. The van der Waals surface area contributed by atoms with Crippen molar-refractivity contribution in [2.24, 2.45) is 0 Å². The molecule has 0 bridgehead atoms. The minimum absolute atomic E-state index is 0.160. The standard InChI is InChI=1S/C24H19NO4.2C16H10.C4H8O2/c1-2-16(24(28)29)23-17-9-8-14-5-3-4-13-6-7-15(22(17)21(13)14)12-18(23)25-19(26)10-11-20(25)27;2*1-3-11-7-9-13-5-2-6-14-10-8-12(4-1)15(11)16(13)14;1-2-3-4(5)6/h3-9,12,16H,2,10-11H2,1H3,(H,28,29);2*1-10H;2-3H2,1H3,(H,5,6). The van der Waals surface area contributed by atoms with Crippen LogP contribution in [-0.4, -0.2) is 34.0 Å². The monoisotopic (exact) mass is 877 g/mol. The van der Waals surface area contributed by atoms with Gasteiger partial charge in [-0.25, -0.2) is 0 Å². The van der Waals surface area contributed by atoms with Gasteiger partial charge in [-0.15, -0.1) is 0 Å². The van der Waals surface area contributed by atoms with Gasteiger partial charge in [-0.05, 0) is 121 Å². The number of benzene rings is 12. The van der Waals surface area contributed by atoms with Gasteiger partial charge >= 0.3 is 11.9 Å². The molecule has 1 heterocycles. The second kappa shape index (κ2) is 17.7. The van der Waals surface area contributed by atoms with E-state index in [1.165, 1.54) is 69.5 Å². The smallest absolute Gasteiger partial charge is 0.311 e. The van der Waals surface area contributed by atoms with Gasteiger partial charge in [0.25, 0.3) is 0 Å². The Morgan fingerprint density at radius 2 is 0.776 bits per heavy atom.